The topological polar surface area (TPSA) is 41.4 Å². The molecule has 9 heavy (non-hydrogen) atoms. The van der Waals surface area contributed by atoms with Gasteiger partial charge in [0.05, 0.1) is 6.67 Å². The molecule has 1 aliphatic rings. The Morgan fingerprint density at radius 3 is 2.22 bits per heavy atom. The Balaban J connectivity index is 2.42. The highest BCUT2D eigenvalue weighted by Crippen LogP contribution is 2.26. The van der Waals surface area contributed by atoms with E-state index in [4.69, 9.17) is 5.73 Å². The summed E-state index contributed by atoms with van der Waals surface area (Å²) in [5.41, 5.74) is 4.83. The van der Waals surface area contributed by atoms with Crippen LogP contribution in [0.3, 0.4) is 0 Å². The van der Waals surface area contributed by atoms with Crippen molar-refractivity contribution in [2.24, 2.45) is 10.8 Å². The first-order valence-electron chi connectivity index (χ1n) is 2.19. The molecule has 3 nitrogen and oxygen atoms in total. The van der Waals surface area contributed by atoms with Crippen LogP contribution in [0.1, 0.15) is 0 Å². The summed E-state index contributed by atoms with van der Waals surface area (Å²) in [6.07, 6.45) is -4.32. The first-order valence-corrected chi connectivity index (χ1v) is 2.19. The molecule has 0 fully saturated rings. The van der Waals surface area contributed by atoms with Crippen LogP contribution in [-0.4, -0.2) is 23.7 Å². The number of nitrogens with zero attached hydrogens (tertiary/aromatic N) is 2. The van der Waals surface area contributed by atoms with Crippen molar-refractivity contribution in [2.45, 2.75) is 6.18 Å². The molecule has 0 amide bonds. The molecule has 1 heterocycles. The van der Waals surface area contributed by atoms with Crippen molar-refractivity contribution < 1.29 is 13.2 Å². The summed E-state index contributed by atoms with van der Waals surface area (Å²) in [7, 11) is 0. The first kappa shape index (κ1) is 6.34. The maximum atomic E-state index is 11.4. The molecule has 1 rings (SSSR count). The van der Waals surface area contributed by atoms with Crippen LogP contribution in [-0.2, 0) is 0 Å². The number of nitrogens with two attached hydrogens (primary N) is 1. The molecule has 0 saturated carbocycles. The number of rotatable bonds is 1. The van der Waals surface area contributed by atoms with E-state index in [1.54, 1.807) is 0 Å². The van der Waals surface area contributed by atoms with Gasteiger partial charge < -0.3 is 5.73 Å². The van der Waals surface area contributed by atoms with Crippen molar-refractivity contribution in [1.82, 2.24) is 5.01 Å². The quantitative estimate of drug-likeness (QED) is 0.559. The van der Waals surface area contributed by atoms with Gasteiger partial charge in [-0.15, -0.1) is 5.10 Å². The minimum atomic E-state index is -4.32. The summed E-state index contributed by atoms with van der Waals surface area (Å²) >= 11 is 0. The zero-order valence-electron chi connectivity index (χ0n) is 4.31. The largest absolute Gasteiger partial charge is 0.453 e. The minimum absolute atomic E-state index is 0.200. The predicted octanol–water partition coefficient (Wildman–Crippen LogP) is 0.0940. The summed E-state index contributed by atoms with van der Waals surface area (Å²) in [6, 6.07) is 0. The van der Waals surface area contributed by atoms with Crippen LogP contribution in [0.2, 0.25) is 0 Å². The Labute approximate surface area is 48.9 Å². The number of hydrogen-bond donors (Lipinski definition) is 1. The molecule has 52 valence electrons. The Morgan fingerprint density at radius 1 is 1.56 bits per heavy atom. The van der Waals surface area contributed by atoms with Crippen molar-refractivity contribution >= 4 is 5.84 Å². The third kappa shape index (κ3) is 1.13. The summed E-state index contributed by atoms with van der Waals surface area (Å²) in [5, 5.41) is 3.64. The molecule has 6 heteroatoms. The van der Waals surface area contributed by atoms with E-state index in [0.717, 1.165) is 0 Å². The predicted molar refractivity (Wildman–Crippen MR) is 24.4 cm³/mol. The fourth-order valence-corrected chi connectivity index (χ4v) is 0.422. The maximum Gasteiger partial charge on any atom is 0.453 e. The molecule has 2 N–H and O–H groups in total. The van der Waals surface area contributed by atoms with Crippen molar-refractivity contribution in [3.05, 3.63) is 0 Å². The Bertz CT molecular complexity index is 149. The zero-order chi connectivity index (χ0) is 7.07. The van der Waals surface area contributed by atoms with E-state index in [0.29, 0.717) is 5.01 Å². The van der Waals surface area contributed by atoms with Crippen molar-refractivity contribution in [3.8, 4) is 0 Å². The van der Waals surface area contributed by atoms with Crippen LogP contribution < -0.4 is 5.73 Å². The highest BCUT2D eigenvalue weighted by molar-refractivity contribution is 5.95. The highest BCUT2D eigenvalue weighted by Gasteiger charge is 2.47. The number of amidine groups is 1. The van der Waals surface area contributed by atoms with Gasteiger partial charge in [0.2, 0.25) is 0 Å². The normalized spacial score (nSPS) is 17.8. The van der Waals surface area contributed by atoms with E-state index in [-0.39, 0.29) is 6.67 Å². The highest BCUT2D eigenvalue weighted by atomic mass is 19.4. The van der Waals surface area contributed by atoms with E-state index in [1.165, 1.54) is 0 Å². The fourth-order valence-electron chi connectivity index (χ4n) is 0.422. The van der Waals surface area contributed by atoms with Gasteiger partial charge in [-0.25, -0.2) is 5.01 Å². The summed E-state index contributed by atoms with van der Waals surface area (Å²) in [6.45, 7) is -0.200. The Morgan fingerprint density at radius 2 is 2.11 bits per heavy atom. The molecule has 0 bridgehead atoms. The summed E-state index contributed by atoms with van der Waals surface area (Å²) in [5.74, 6) is -0.884. The number of hydrazone groups is 1. The lowest BCUT2D eigenvalue weighted by Gasteiger charge is -1.98. The van der Waals surface area contributed by atoms with Gasteiger partial charge >= 0.3 is 6.18 Å². The molecular weight excluding hydrogens is 135 g/mol. The summed E-state index contributed by atoms with van der Waals surface area (Å²) in [4.78, 5) is 0. The molecule has 1 aliphatic heterocycles. The van der Waals surface area contributed by atoms with Crippen LogP contribution in [0.5, 0.6) is 0 Å². The van der Waals surface area contributed by atoms with Gasteiger partial charge in [0.15, 0.2) is 0 Å². The van der Waals surface area contributed by atoms with Gasteiger partial charge in [0, 0.05) is 0 Å². The van der Waals surface area contributed by atoms with Gasteiger partial charge in [0.1, 0.15) is 0 Å². The van der Waals surface area contributed by atoms with Crippen molar-refractivity contribution in [2.75, 3.05) is 6.67 Å². The molecular formula is C3H4F3N3. The summed E-state index contributed by atoms with van der Waals surface area (Å²) < 4.78 is 34.3. The number of hydrogen-bond acceptors (Lipinski definition) is 3. The van der Waals surface area contributed by atoms with Crippen LogP contribution in [0.25, 0.3) is 0 Å². The molecule has 0 radical (unpaired) electrons. The second kappa shape index (κ2) is 1.60. The lowest BCUT2D eigenvalue weighted by molar-refractivity contribution is -0.0600. The molecule has 0 aromatic carbocycles. The smallest absolute Gasteiger partial charge is 0.312 e. The number of halogens is 3. The number of alkyl halides is 3. The molecule has 0 aliphatic carbocycles. The molecule has 0 unspecified atom stereocenters. The third-order valence-electron chi connectivity index (χ3n) is 0.847. The monoisotopic (exact) mass is 139 g/mol. The van der Waals surface area contributed by atoms with Gasteiger partial charge in [-0.2, -0.15) is 13.2 Å². The Hall–Kier alpha value is -0.780. The molecule has 0 aromatic heterocycles. The molecule has 0 atom stereocenters. The van der Waals surface area contributed by atoms with E-state index >= 15 is 0 Å². The van der Waals surface area contributed by atoms with Crippen molar-refractivity contribution in [3.63, 3.8) is 0 Å². The molecule has 0 saturated heterocycles. The van der Waals surface area contributed by atoms with E-state index in [9.17, 15) is 13.2 Å². The zero-order valence-corrected chi connectivity index (χ0v) is 4.31. The Kier molecular flexibility index (Phi) is 1.13. The van der Waals surface area contributed by atoms with Gasteiger partial charge in [-0.3, -0.25) is 0 Å². The molecule has 0 spiro atoms. The SMILES string of the molecule is NCN1N=C1C(F)(F)F. The average Bonchev–Trinajstić information content (AvgIpc) is 2.39. The second-order valence-corrected chi connectivity index (χ2v) is 1.50. The lowest BCUT2D eigenvalue weighted by Crippen LogP contribution is -2.25. The van der Waals surface area contributed by atoms with Crippen LogP contribution in [0.4, 0.5) is 13.2 Å². The third-order valence-corrected chi connectivity index (χ3v) is 0.847. The first-order chi connectivity index (χ1) is 4.05. The second-order valence-electron chi connectivity index (χ2n) is 1.50. The lowest BCUT2D eigenvalue weighted by atomic mass is 10.6. The minimum Gasteiger partial charge on any atom is -0.312 e. The van der Waals surface area contributed by atoms with E-state index < -0.39 is 12.0 Å². The molecule has 0 aromatic rings. The van der Waals surface area contributed by atoms with E-state index in [2.05, 4.69) is 5.10 Å². The van der Waals surface area contributed by atoms with E-state index in [1.807, 2.05) is 0 Å². The van der Waals surface area contributed by atoms with Crippen LogP contribution in [0, 0.1) is 0 Å². The van der Waals surface area contributed by atoms with Gasteiger partial charge in [-0.05, 0) is 0 Å². The maximum absolute atomic E-state index is 11.4. The van der Waals surface area contributed by atoms with Gasteiger partial charge in [0.25, 0.3) is 5.84 Å². The van der Waals surface area contributed by atoms with Crippen LogP contribution >= 0.6 is 0 Å². The fraction of sp³-hybridized carbons (Fsp3) is 0.667. The van der Waals surface area contributed by atoms with Gasteiger partial charge in [-0.1, -0.05) is 0 Å². The average molecular weight is 139 g/mol. The van der Waals surface area contributed by atoms with Crippen LogP contribution in [0.15, 0.2) is 5.10 Å². The standard InChI is InChI=1S/C3H4F3N3/c4-3(5,6)2-8-9(2)1-7/h1,7H2. The van der Waals surface area contributed by atoms with Crippen molar-refractivity contribution in [1.29, 1.82) is 0 Å².